The molecule has 0 saturated carbocycles. The number of likely N-dealkylation sites (tertiary alicyclic amines) is 1. The molecule has 2 heterocycles. The zero-order valence-corrected chi connectivity index (χ0v) is 16.0. The molecule has 10 heteroatoms. The molecular formula is C19H20ClF4N3O2. The third-order valence-corrected chi connectivity index (χ3v) is 4.60. The molecule has 1 amide bonds. The van der Waals surface area contributed by atoms with Crippen LogP contribution >= 0.6 is 12.4 Å². The zero-order valence-electron chi connectivity index (χ0n) is 15.2. The highest BCUT2D eigenvalue weighted by atomic mass is 35.5. The number of hydrogen-bond donors (Lipinski definition) is 1. The number of ether oxygens (including phenoxy) is 1. The molecule has 2 aromatic rings. The fourth-order valence-corrected chi connectivity index (χ4v) is 3.06. The minimum Gasteiger partial charge on any atom is -0.471 e. The number of hydrogen-bond acceptors (Lipinski definition) is 4. The second kappa shape index (κ2) is 9.41. The van der Waals surface area contributed by atoms with Gasteiger partial charge in [-0.05, 0) is 11.6 Å². The molecule has 0 radical (unpaired) electrons. The Balaban J connectivity index is 0.00000300. The van der Waals surface area contributed by atoms with Crippen LogP contribution in [0.5, 0.6) is 5.88 Å². The summed E-state index contributed by atoms with van der Waals surface area (Å²) in [6, 6.07) is 12.0. The number of aromatic nitrogens is 1. The highest BCUT2D eigenvalue weighted by Gasteiger charge is 2.42. The van der Waals surface area contributed by atoms with E-state index >= 15 is 0 Å². The lowest BCUT2D eigenvalue weighted by molar-refractivity contribution is -0.148. The zero-order chi connectivity index (χ0) is 20.3. The van der Waals surface area contributed by atoms with Crippen LogP contribution in [0.4, 0.5) is 17.6 Å². The molecule has 1 saturated heterocycles. The summed E-state index contributed by atoms with van der Waals surface area (Å²) in [5.41, 5.74) is 7.46. The molecule has 5 nitrogen and oxygen atoms in total. The van der Waals surface area contributed by atoms with Gasteiger partial charge >= 0.3 is 12.3 Å². The van der Waals surface area contributed by atoms with Gasteiger partial charge in [-0.2, -0.15) is 8.78 Å². The smallest absolute Gasteiger partial charge is 0.340 e. The van der Waals surface area contributed by atoms with Crippen molar-refractivity contribution in [1.82, 2.24) is 9.88 Å². The van der Waals surface area contributed by atoms with E-state index in [1.165, 1.54) is 18.3 Å². The third kappa shape index (κ3) is 5.36. The maximum atomic E-state index is 12.9. The lowest BCUT2D eigenvalue weighted by Crippen LogP contribution is -2.34. The highest BCUT2D eigenvalue weighted by Crippen LogP contribution is 2.28. The van der Waals surface area contributed by atoms with Crippen LogP contribution in [0.25, 0.3) is 0 Å². The van der Waals surface area contributed by atoms with Crippen molar-refractivity contribution in [2.75, 3.05) is 19.7 Å². The Labute approximate surface area is 171 Å². The first kappa shape index (κ1) is 22.9. The first-order chi connectivity index (χ1) is 13.3. The van der Waals surface area contributed by atoms with Gasteiger partial charge in [0.2, 0.25) is 5.88 Å². The van der Waals surface area contributed by atoms with E-state index in [4.69, 9.17) is 5.73 Å². The molecule has 1 aliphatic rings. The van der Waals surface area contributed by atoms with E-state index < -0.39 is 19.0 Å². The summed E-state index contributed by atoms with van der Waals surface area (Å²) >= 11 is 0. The number of rotatable bonds is 6. The number of halogens is 5. The normalized spacial score (nSPS) is 19.2. The van der Waals surface area contributed by atoms with E-state index in [0.29, 0.717) is 13.1 Å². The Bertz CT molecular complexity index is 809. The van der Waals surface area contributed by atoms with Crippen LogP contribution in [0, 0.1) is 0 Å². The molecule has 0 spiro atoms. The van der Waals surface area contributed by atoms with Crippen molar-refractivity contribution in [2.24, 2.45) is 5.73 Å². The summed E-state index contributed by atoms with van der Waals surface area (Å²) in [6.07, 6.45) is -2.66. The fourth-order valence-electron chi connectivity index (χ4n) is 3.06. The van der Waals surface area contributed by atoms with Crippen molar-refractivity contribution in [3.05, 3.63) is 59.8 Å². The standard InChI is InChI=1S/C19H19F4N3O2.ClH/c20-18(21)19(22,23)11-28-16-7-6-13(8-25-16)17(27)26-9-14(15(24)10-26)12-4-2-1-3-5-12;/h1-8,14-15,18H,9-11,24H2;1H/t14-,15+;/m0./s1. The van der Waals surface area contributed by atoms with E-state index in [0.717, 1.165) is 5.56 Å². The minimum atomic E-state index is -4.27. The maximum absolute atomic E-state index is 12.9. The number of nitrogens with two attached hydrogens (primary N) is 1. The van der Waals surface area contributed by atoms with Crippen molar-refractivity contribution in [3.8, 4) is 5.88 Å². The number of alkyl halides is 4. The molecule has 0 unspecified atom stereocenters. The Morgan fingerprint density at radius 3 is 2.48 bits per heavy atom. The fraction of sp³-hybridized carbons (Fsp3) is 0.368. The van der Waals surface area contributed by atoms with E-state index in [1.54, 1.807) is 4.90 Å². The summed E-state index contributed by atoms with van der Waals surface area (Å²) in [6.45, 7) is -0.676. The van der Waals surface area contributed by atoms with Gasteiger partial charge in [-0.25, -0.2) is 13.8 Å². The van der Waals surface area contributed by atoms with Gasteiger partial charge in [-0.3, -0.25) is 4.79 Å². The van der Waals surface area contributed by atoms with E-state index in [2.05, 4.69) is 9.72 Å². The number of nitrogens with zero attached hydrogens (tertiary/aromatic N) is 2. The number of pyridine rings is 1. The molecule has 1 aromatic carbocycles. The van der Waals surface area contributed by atoms with Crippen LogP contribution in [-0.2, 0) is 0 Å². The van der Waals surface area contributed by atoms with Crippen LogP contribution in [0.2, 0.25) is 0 Å². The van der Waals surface area contributed by atoms with Gasteiger partial charge in [-0.15, -0.1) is 12.4 Å². The maximum Gasteiger partial charge on any atom is 0.340 e. The SMILES string of the molecule is Cl.N[C@@H]1CN(C(=O)c2ccc(OCC(F)(F)C(F)F)nc2)C[C@H]1c1ccccc1. The van der Waals surface area contributed by atoms with Crippen molar-refractivity contribution in [3.63, 3.8) is 0 Å². The second-order valence-corrected chi connectivity index (χ2v) is 6.63. The molecule has 1 fully saturated rings. The molecule has 2 atom stereocenters. The van der Waals surface area contributed by atoms with Gasteiger partial charge in [0, 0.05) is 37.3 Å². The van der Waals surface area contributed by atoms with E-state index in [-0.39, 0.29) is 41.7 Å². The summed E-state index contributed by atoms with van der Waals surface area (Å²) in [5, 5.41) is 0. The number of benzene rings is 1. The van der Waals surface area contributed by atoms with Gasteiger partial charge in [-0.1, -0.05) is 30.3 Å². The lowest BCUT2D eigenvalue weighted by atomic mass is 9.95. The minimum absolute atomic E-state index is 0. The second-order valence-electron chi connectivity index (χ2n) is 6.63. The van der Waals surface area contributed by atoms with Crippen LogP contribution < -0.4 is 10.5 Å². The Morgan fingerprint density at radius 2 is 1.90 bits per heavy atom. The number of amides is 1. The average molecular weight is 434 g/mol. The molecular weight excluding hydrogens is 414 g/mol. The molecule has 1 aromatic heterocycles. The average Bonchev–Trinajstić information content (AvgIpc) is 3.08. The van der Waals surface area contributed by atoms with Gasteiger partial charge < -0.3 is 15.4 Å². The summed E-state index contributed by atoms with van der Waals surface area (Å²) in [5.74, 6) is -4.82. The molecule has 3 rings (SSSR count). The van der Waals surface area contributed by atoms with Crippen molar-refractivity contribution in [2.45, 2.75) is 24.3 Å². The molecule has 29 heavy (non-hydrogen) atoms. The summed E-state index contributed by atoms with van der Waals surface area (Å²) < 4.78 is 54.6. The molecule has 1 aliphatic heterocycles. The van der Waals surface area contributed by atoms with Crippen LogP contribution in [0.15, 0.2) is 48.7 Å². The molecule has 2 N–H and O–H groups in total. The van der Waals surface area contributed by atoms with Gasteiger partial charge in [0.25, 0.3) is 5.91 Å². The van der Waals surface area contributed by atoms with E-state index in [1.807, 2.05) is 30.3 Å². The number of carbonyl (C=O) groups excluding carboxylic acids is 1. The first-order valence-corrected chi connectivity index (χ1v) is 8.62. The quantitative estimate of drug-likeness (QED) is 0.709. The summed E-state index contributed by atoms with van der Waals surface area (Å²) in [7, 11) is 0. The van der Waals surface area contributed by atoms with Crippen LogP contribution in [0.1, 0.15) is 21.8 Å². The van der Waals surface area contributed by atoms with E-state index in [9.17, 15) is 22.4 Å². The van der Waals surface area contributed by atoms with Crippen molar-refractivity contribution >= 4 is 18.3 Å². The Morgan fingerprint density at radius 1 is 1.21 bits per heavy atom. The monoisotopic (exact) mass is 433 g/mol. The number of carbonyl (C=O) groups is 1. The molecule has 0 bridgehead atoms. The van der Waals surface area contributed by atoms with Crippen LogP contribution in [0.3, 0.4) is 0 Å². The lowest BCUT2D eigenvalue weighted by Gasteiger charge is -2.17. The van der Waals surface area contributed by atoms with Gasteiger partial charge in [0.15, 0.2) is 6.61 Å². The molecule has 158 valence electrons. The van der Waals surface area contributed by atoms with Crippen molar-refractivity contribution < 1.29 is 27.1 Å². The summed E-state index contributed by atoms with van der Waals surface area (Å²) in [4.78, 5) is 18.0. The predicted octanol–water partition coefficient (Wildman–Crippen LogP) is 3.35. The topological polar surface area (TPSA) is 68.5 Å². The molecule has 0 aliphatic carbocycles. The van der Waals surface area contributed by atoms with Gasteiger partial charge in [0.05, 0.1) is 5.56 Å². The predicted molar refractivity (Wildman–Crippen MR) is 101 cm³/mol. The Kier molecular flexibility index (Phi) is 7.43. The highest BCUT2D eigenvalue weighted by molar-refractivity contribution is 5.94. The largest absolute Gasteiger partial charge is 0.471 e. The Hall–Kier alpha value is -2.39. The van der Waals surface area contributed by atoms with Crippen LogP contribution in [-0.4, -0.2) is 53.9 Å². The van der Waals surface area contributed by atoms with Crippen molar-refractivity contribution in [1.29, 1.82) is 0 Å². The first-order valence-electron chi connectivity index (χ1n) is 8.62. The third-order valence-electron chi connectivity index (χ3n) is 4.60. The van der Waals surface area contributed by atoms with Gasteiger partial charge in [0.1, 0.15) is 0 Å².